The average molecular weight is 268 g/mol. The molecule has 0 aliphatic rings. The Morgan fingerprint density at radius 1 is 1.05 bits per heavy atom. The van der Waals surface area contributed by atoms with Crippen molar-refractivity contribution in [3.05, 3.63) is 41.3 Å². The summed E-state index contributed by atoms with van der Waals surface area (Å²) < 4.78 is 40.5. The van der Waals surface area contributed by atoms with Crippen LogP contribution < -0.4 is 10.6 Å². The molecule has 2 rings (SSSR count). The Kier molecular flexibility index (Phi) is 3.55. The summed E-state index contributed by atoms with van der Waals surface area (Å²) in [6.07, 6.45) is 0.934. The predicted octanol–water partition coefficient (Wildman–Crippen LogP) is 2.99. The zero-order valence-electron chi connectivity index (χ0n) is 10.3. The monoisotopic (exact) mass is 268 g/mol. The van der Waals surface area contributed by atoms with Crippen LogP contribution in [0.2, 0.25) is 0 Å². The Morgan fingerprint density at radius 3 is 2.47 bits per heavy atom. The maximum Gasteiger partial charge on any atom is 0.224 e. The molecule has 0 radical (unpaired) electrons. The van der Waals surface area contributed by atoms with Crippen molar-refractivity contribution in [3.63, 3.8) is 0 Å². The van der Waals surface area contributed by atoms with Crippen LogP contribution in [0.5, 0.6) is 0 Å². The summed E-state index contributed by atoms with van der Waals surface area (Å²) in [6, 6.07) is 1.97. The second-order valence-electron chi connectivity index (χ2n) is 3.85. The largest absolute Gasteiger partial charge is 0.357 e. The van der Waals surface area contributed by atoms with Gasteiger partial charge in [-0.2, -0.15) is 4.98 Å². The maximum absolute atomic E-state index is 13.6. The van der Waals surface area contributed by atoms with E-state index in [4.69, 9.17) is 0 Å². The number of aryl methyl sites for hydroxylation is 1. The predicted molar refractivity (Wildman–Crippen MR) is 65.9 cm³/mol. The molecular formula is C12H11F3N4. The summed E-state index contributed by atoms with van der Waals surface area (Å²) in [7, 11) is 1.56. The van der Waals surface area contributed by atoms with E-state index in [9.17, 15) is 13.2 Å². The smallest absolute Gasteiger partial charge is 0.224 e. The number of halogens is 3. The highest BCUT2D eigenvalue weighted by Crippen LogP contribution is 2.23. The van der Waals surface area contributed by atoms with E-state index in [1.165, 1.54) is 6.92 Å². The minimum Gasteiger partial charge on any atom is -0.357 e. The van der Waals surface area contributed by atoms with Crippen molar-refractivity contribution in [1.82, 2.24) is 9.97 Å². The Hall–Kier alpha value is -2.31. The van der Waals surface area contributed by atoms with Crippen molar-refractivity contribution in [2.45, 2.75) is 6.92 Å². The van der Waals surface area contributed by atoms with Crippen LogP contribution in [-0.4, -0.2) is 17.0 Å². The molecule has 19 heavy (non-hydrogen) atoms. The third-order valence-corrected chi connectivity index (χ3v) is 2.47. The Bertz CT molecular complexity index is 616. The molecule has 0 bridgehead atoms. The van der Waals surface area contributed by atoms with E-state index in [0.29, 0.717) is 0 Å². The molecule has 0 atom stereocenters. The zero-order chi connectivity index (χ0) is 14.0. The van der Waals surface area contributed by atoms with E-state index in [-0.39, 0.29) is 23.0 Å². The molecule has 0 saturated heterocycles. The first-order valence-corrected chi connectivity index (χ1v) is 5.44. The highest BCUT2D eigenvalue weighted by Gasteiger charge is 2.11. The van der Waals surface area contributed by atoms with Gasteiger partial charge < -0.3 is 10.6 Å². The van der Waals surface area contributed by atoms with Gasteiger partial charge in [-0.1, -0.05) is 0 Å². The number of anilines is 3. The molecule has 100 valence electrons. The Balaban J connectivity index is 2.38. The molecule has 1 heterocycles. The van der Waals surface area contributed by atoms with E-state index in [0.717, 1.165) is 18.3 Å². The van der Waals surface area contributed by atoms with Crippen LogP contribution >= 0.6 is 0 Å². The minimum absolute atomic E-state index is 0.164. The van der Waals surface area contributed by atoms with Crippen molar-refractivity contribution < 1.29 is 13.2 Å². The first-order chi connectivity index (χ1) is 9.01. The number of hydrogen-bond acceptors (Lipinski definition) is 4. The Labute approximate surface area is 107 Å². The molecule has 0 aliphatic carbocycles. The van der Waals surface area contributed by atoms with Crippen molar-refractivity contribution >= 4 is 17.5 Å². The van der Waals surface area contributed by atoms with E-state index >= 15 is 0 Å². The first kappa shape index (κ1) is 13.1. The molecule has 0 aliphatic heterocycles. The molecule has 0 fully saturated rings. The topological polar surface area (TPSA) is 49.8 Å². The lowest BCUT2D eigenvalue weighted by Gasteiger charge is -2.09. The van der Waals surface area contributed by atoms with Gasteiger partial charge in [0.05, 0.1) is 11.9 Å². The summed E-state index contributed by atoms with van der Waals surface area (Å²) in [5.74, 6) is -2.12. The number of nitrogens with one attached hydrogen (secondary N) is 2. The summed E-state index contributed by atoms with van der Waals surface area (Å²) in [4.78, 5) is 7.43. The number of nitrogens with zero attached hydrogens (tertiary/aromatic N) is 2. The lowest BCUT2D eigenvalue weighted by atomic mass is 10.2. The van der Waals surface area contributed by atoms with Crippen molar-refractivity contribution in [1.29, 1.82) is 0 Å². The van der Waals surface area contributed by atoms with Crippen LogP contribution in [0.3, 0.4) is 0 Å². The third kappa shape index (κ3) is 2.75. The van der Waals surface area contributed by atoms with Gasteiger partial charge in [0.25, 0.3) is 0 Å². The number of rotatable bonds is 3. The zero-order valence-corrected chi connectivity index (χ0v) is 10.3. The SMILES string of the molecule is CNc1ncc(F)c(Nc2cc(F)c(C)cc2F)n1. The summed E-state index contributed by atoms with van der Waals surface area (Å²) in [6.45, 7) is 1.44. The molecule has 0 amide bonds. The van der Waals surface area contributed by atoms with Crippen molar-refractivity contribution in [2.24, 2.45) is 0 Å². The first-order valence-electron chi connectivity index (χ1n) is 5.44. The van der Waals surface area contributed by atoms with Gasteiger partial charge in [-0.25, -0.2) is 18.2 Å². The molecule has 2 N–H and O–H groups in total. The van der Waals surface area contributed by atoms with Crippen LogP contribution in [-0.2, 0) is 0 Å². The van der Waals surface area contributed by atoms with Gasteiger partial charge in [-0.05, 0) is 18.6 Å². The molecule has 1 aromatic carbocycles. The highest BCUT2D eigenvalue weighted by molar-refractivity contribution is 5.58. The molecule has 4 nitrogen and oxygen atoms in total. The number of benzene rings is 1. The fourth-order valence-electron chi connectivity index (χ4n) is 1.44. The minimum atomic E-state index is -0.764. The lowest BCUT2D eigenvalue weighted by Crippen LogP contribution is -2.04. The summed E-state index contributed by atoms with van der Waals surface area (Å²) in [5, 5.41) is 5.02. The van der Waals surface area contributed by atoms with Crippen LogP contribution in [0.1, 0.15) is 5.56 Å². The molecule has 0 spiro atoms. The molecule has 7 heteroatoms. The van der Waals surface area contributed by atoms with Crippen molar-refractivity contribution in [2.75, 3.05) is 17.7 Å². The maximum atomic E-state index is 13.6. The molecular weight excluding hydrogens is 257 g/mol. The van der Waals surface area contributed by atoms with Gasteiger partial charge in [0.1, 0.15) is 11.6 Å². The van der Waals surface area contributed by atoms with Crippen LogP contribution in [0.15, 0.2) is 18.3 Å². The lowest BCUT2D eigenvalue weighted by molar-refractivity contribution is 0.594. The molecule has 0 saturated carbocycles. The Morgan fingerprint density at radius 2 is 1.79 bits per heavy atom. The average Bonchev–Trinajstić information content (AvgIpc) is 2.38. The van der Waals surface area contributed by atoms with Gasteiger partial charge in [0.15, 0.2) is 11.6 Å². The number of aromatic nitrogens is 2. The highest BCUT2D eigenvalue weighted by atomic mass is 19.1. The second kappa shape index (κ2) is 5.13. The molecule has 2 aromatic rings. The van der Waals surface area contributed by atoms with E-state index in [2.05, 4.69) is 20.6 Å². The van der Waals surface area contributed by atoms with Gasteiger partial charge >= 0.3 is 0 Å². The van der Waals surface area contributed by atoms with Gasteiger partial charge in [0.2, 0.25) is 5.95 Å². The van der Waals surface area contributed by atoms with Gasteiger partial charge in [-0.3, -0.25) is 0 Å². The number of hydrogen-bond donors (Lipinski definition) is 2. The van der Waals surface area contributed by atoms with Crippen LogP contribution in [0, 0.1) is 24.4 Å². The molecule has 0 unspecified atom stereocenters. The fourth-order valence-corrected chi connectivity index (χ4v) is 1.44. The van der Waals surface area contributed by atoms with E-state index in [1.807, 2.05) is 0 Å². The third-order valence-electron chi connectivity index (χ3n) is 2.47. The van der Waals surface area contributed by atoms with Crippen LogP contribution in [0.4, 0.5) is 30.6 Å². The van der Waals surface area contributed by atoms with Gasteiger partial charge in [-0.15, -0.1) is 0 Å². The van der Waals surface area contributed by atoms with Crippen LogP contribution in [0.25, 0.3) is 0 Å². The van der Waals surface area contributed by atoms with E-state index in [1.54, 1.807) is 7.05 Å². The second-order valence-corrected chi connectivity index (χ2v) is 3.85. The summed E-state index contributed by atoms with van der Waals surface area (Å²) in [5.41, 5.74) is -0.0233. The van der Waals surface area contributed by atoms with Crippen molar-refractivity contribution in [3.8, 4) is 0 Å². The summed E-state index contributed by atoms with van der Waals surface area (Å²) >= 11 is 0. The van der Waals surface area contributed by atoms with Gasteiger partial charge in [0, 0.05) is 13.1 Å². The normalized spacial score (nSPS) is 10.4. The molecule has 1 aromatic heterocycles. The van der Waals surface area contributed by atoms with E-state index < -0.39 is 17.5 Å². The standard InChI is InChI=1S/C12H11F3N4/c1-6-3-8(14)10(4-7(6)13)18-11-9(15)5-17-12(16-2)19-11/h3-5H,1-2H3,(H2,16,17,18,19). The fraction of sp³-hybridized carbons (Fsp3) is 0.167. The quantitative estimate of drug-likeness (QED) is 0.898.